The molecule has 3 N–H and O–H groups in total. The maximum atomic E-state index is 12.3. The van der Waals surface area contributed by atoms with Gasteiger partial charge < -0.3 is 20.2 Å². The summed E-state index contributed by atoms with van der Waals surface area (Å²) in [6, 6.07) is 7.43. The molecule has 0 radical (unpaired) electrons. The number of esters is 1. The quantitative estimate of drug-likeness (QED) is 0.487. The van der Waals surface area contributed by atoms with E-state index in [9.17, 15) is 14.4 Å². The molecule has 0 aliphatic rings. The van der Waals surface area contributed by atoms with Crippen molar-refractivity contribution >= 4 is 34.3 Å². The Bertz CT molecular complexity index is 1070. The normalized spacial score (nSPS) is 11.9. The number of rotatable bonds is 6. The van der Waals surface area contributed by atoms with Crippen molar-refractivity contribution in [2.75, 3.05) is 0 Å². The second kappa shape index (κ2) is 8.26. The summed E-state index contributed by atoms with van der Waals surface area (Å²) in [6.07, 6.45) is -0.0685. The number of nitrogens with two attached hydrogens (primary N) is 1. The first kappa shape index (κ1) is 19.6. The maximum absolute atomic E-state index is 12.3. The van der Waals surface area contributed by atoms with E-state index in [1.54, 1.807) is 6.07 Å². The van der Waals surface area contributed by atoms with E-state index in [1.165, 1.54) is 17.4 Å². The van der Waals surface area contributed by atoms with Crippen LogP contribution in [0.3, 0.4) is 0 Å². The lowest BCUT2D eigenvalue weighted by Crippen LogP contribution is -2.34. The zero-order valence-electron chi connectivity index (χ0n) is 15.5. The third-order valence-electron chi connectivity index (χ3n) is 4.48. The number of thiophene rings is 1. The van der Waals surface area contributed by atoms with Gasteiger partial charge in [-0.3, -0.25) is 4.79 Å². The summed E-state index contributed by atoms with van der Waals surface area (Å²) in [5, 5.41) is 5.11. The van der Waals surface area contributed by atoms with E-state index in [4.69, 9.17) is 14.9 Å². The highest BCUT2D eigenvalue weighted by atomic mass is 32.1. The number of aryl methyl sites for hydroxylation is 2. The average molecular weight is 400 g/mol. The Morgan fingerprint density at radius 3 is 2.75 bits per heavy atom. The Balaban J connectivity index is 1.76. The number of carbonyl (C=O) groups is 2. The van der Waals surface area contributed by atoms with Gasteiger partial charge in [0, 0.05) is 21.9 Å². The summed E-state index contributed by atoms with van der Waals surface area (Å²) in [5.41, 5.74) is 7.63. The van der Waals surface area contributed by atoms with Crippen LogP contribution in [0.25, 0.3) is 11.0 Å². The van der Waals surface area contributed by atoms with Gasteiger partial charge in [-0.1, -0.05) is 18.2 Å². The Kier molecular flexibility index (Phi) is 5.79. The standard InChI is InChI=1S/C20H20N2O5S/c1-11-5-6-14-13(8-18(24)27-19(14)12(11)2)10-26-17(23)9-15(22-20(21)25)16-4-3-7-28-16/h3-8,15H,9-10H2,1-2H3,(H3,21,22,25)/t15-/m0/s1. The number of benzene rings is 1. The third-order valence-corrected chi connectivity index (χ3v) is 5.47. The van der Waals surface area contributed by atoms with Gasteiger partial charge in [-0.25, -0.2) is 9.59 Å². The van der Waals surface area contributed by atoms with Crippen molar-refractivity contribution in [2.45, 2.75) is 32.9 Å². The molecule has 28 heavy (non-hydrogen) atoms. The molecule has 0 aliphatic heterocycles. The number of amides is 2. The minimum atomic E-state index is -0.719. The molecule has 7 nitrogen and oxygen atoms in total. The molecule has 0 saturated carbocycles. The molecule has 3 rings (SSSR count). The highest BCUT2D eigenvalue weighted by Crippen LogP contribution is 2.25. The van der Waals surface area contributed by atoms with Crippen molar-refractivity contribution < 1.29 is 18.7 Å². The van der Waals surface area contributed by atoms with Crippen LogP contribution in [0, 0.1) is 13.8 Å². The fourth-order valence-electron chi connectivity index (χ4n) is 2.91. The van der Waals surface area contributed by atoms with Crippen LogP contribution in [0.1, 0.15) is 34.0 Å². The Hall–Kier alpha value is -3.13. The smallest absolute Gasteiger partial charge is 0.336 e. The number of hydrogen-bond acceptors (Lipinski definition) is 6. The number of urea groups is 1. The molecule has 0 aliphatic carbocycles. The highest BCUT2D eigenvalue weighted by Gasteiger charge is 2.20. The van der Waals surface area contributed by atoms with Gasteiger partial charge in [0.2, 0.25) is 0 Å². The molecular weight excluding hydrogens is 380 g/mol. The lowest BCUT2D eigenvalue weighted by Gasteiger charge is -2.15. The molecule has 146 valence electrons. The van der Waals surface area contributed by atoms with Gasteiger partial charge in [-0.05, 0) is 36.4 Å². The molecule has 0 fully saturated rings. The molecule has 2 aromatic heterocycles. The second-order valence-electron chi connectivity index (χ2n) is 6.42. The number of carbonyl (C=O) groups excluding carboxylic acids is 2. The summed E-state index contributed by atoms with van der Waals surface area (Å²) < 4.78 is 10.7. The monoisotopic (exact) mass is 400 g/mol. The van der Waals surface area contributed by atoms with Crippen LogP contribution in [-0.4, -0.2) is 12.0 Å². The molecule has 2 heterocycles. The fraction of sp³-hybridized carbons (Fsp3) is 0.250. The van der Waals surface area contributed by atoms with Crippen LogP contribution in [0.2, 0.25) is 0 Å². The first-order chi connectivity index (χ1) is 13.3. The Morgan fingerprint density at radius 1 is 1.29 bits per heavy atom. The van der Waals surface area contributed by atoms with E-state index in [1.807, 2.05) is 37.4 Å². The van der Waals surface area contributed by atoms with E-state index in [0.29, 0.717) is 11.1 Å². The topological polar surface area (TPSA) is 112 Å². The largest absolute Gasteiger partial charge is 0.461 e. The predicted octanol–water partition coefficient (Wildman–Crippen LogP) is 3.31. The summed E-state index contributed by atoms with van der Waals surface area (Å²) in [4.78, 5) is 36.3. The Morgan fingerprint density at radius 2 is 2.07 bits per heavy atom. The number of ether oxygens (including phenoxy) is 1. The van der Waals surface area contributed by atoms with E-state index in [2.05, 4.69) is 5.32 Å². The van der Waals surface area contributed by atoms with Crippen LogP contribution in [0.15, 0.2) is 44.9 Å². The molecule has 3 aromatic rings. The molecule has 1 atom stereocenters. The number of fused-ring (bicyclic) bond motifs is 1. The summed E-state index contributed by atoms with van der Waals surface area (Å²) in [7, 11) is 0. The minimum Gasteiger partial charge on any atom is -0.461 e. The van der Waals surface area contributed by atoms with Crippen molar-refractivity contribution in [3.05, 3.63) is 67.7 Å². The summed E-state index contributed by atoms with van der Waals surface area (Å²) in [5.74, 6) is -0.516. The van der Waals surface area contributed by atoms with Crippen LogP contribution < -0.4 is 16.7 Å². The van der Waals surface area contributed by atoms with E-state index in [-0.39, 0.29) is 13.0 Å². The van der Waals surface area contributed by atoms with Crippen LogP contribution in [0.5, 0.6) is 0 Å². The Labute approximate surface area is 165 Å². The third kappa shape index (κ3) is 4.40. The fourth-order valence-corrected chi connectivity index (χ4v) is 3.69. The van der Waals surface area contributed by atoms with Crippen molar-refractivity contribution in [1.82, 2.24) is 5.32 Å². The van der Waals surface area contributed by atoms with Gasteiger partial charge in [0.15, 0.2) is 0 Å². The van der Waals surface area contributed by atoms with E-state index < -0.39 is 23.7 Å². The zero-order chi connectivity index (χ0) is 20.3. The molecule has 0 spiro atoms. The maximum Gasteiger partial charge on any atom is 0.336 e. The molecule has 1 aromatic carbocycles. The SMILES string of the molecule is Cc1ccc2c(COC(=O)C[C@H](NC(N)=O)c3cccs3)cc(=O)oc2c1C. The zero-order valence-corrected chi connectivity index (χ0v) is 16.3. The molecule has 8 heteroatoms. The van der Waals surface area contributed by atoms with Crippen molar-refractivity contribution in [3.8, 4) is 0 Å². The summed E-state index contributed by atoms with van der Waals surface area (Å²) >= 11 is 1.40. The highest BCUT2D eigenvalue weighted by molar-refractivity contribution is 7.10. The average Bonchev–Trinajstić information content (AvgIpc) is 3.17. The van der Waals surface area contributed by atoms with Gasteiger partial charge >= 0.3 is 17.6 Å². The lowest BCUT2D eigenvalue weighted by atomic mass is 10.0. The molecule has 0 unspecified atom stereocenters. The minimum absolute atomic E-state index is 0.0685. The van der Waals surface area contributed by atoms with Gasteiger partial charge in [0.25, 0.3) is 0 Å². The number of primary amides is 1. The first-order valence-electron chi connectivity index (χ1n) is 8.63. The number of nitrogens with one attached hydrogen (secondary N) is 1. The van der Waals surface area contributed by atoms with E-state index in [0.717, 1.165) is 21.4 Å². The lowest BCUT2D eigenvalue weighted by molar-refractivity contribution is -0.145. The summed E-state index contributed by atoms with van der Waals surface area (Å²) in [6.45, 7) is 3.73. The van der Waals surface area contributed by atoms with Crippen molar-refractivity contribution in [1.29, 1.82) is 0 Å². The molecule has 2 amide bonds. The molecular formula is C20H20N2O5S. The molecule has 0 saturated heterocycles. The van der Waals surface area contributed by atoms with Crippen LogP contribution >= 0.6 is 11.3 Å². The predicted molar refractivity (Wildman–Crippen MR) is 106 cm³/mol. The van der Waals surface area contributed by atoms with Crippen LogP contribution in [0.4, 0.5) is 4.79 Å². The van der Waals surface area contributed by atoms with E-state index >= 15 is 0 Å². The van der Waals surface area contributed by atoms with Crippen molar-refractivity contribution in [3.63, 3.8) is 0 Å². The van der Waals surface area contributed by atoms with Gasteiger partial charge in [0.1, 0.15) is 12.2 Å². The van der Waals surface area contributed by atoms with Crippen LogP contribution in [-0.2, 0) is 16.1 Å². The van der Waals surface area contributed by atoms with Gasteiger partial charge in [-0.2, -0.15) is 0 Å². The van der Waals surface area contributed by atoms with Gasteiger partial charge in [0.05, 0.1) is 12.5 Å². The van der Waals surface area contributed by atoms with Gasteiger partial charge in [-0.15, -0.1) is 11.3 Å². The first-order valence-corrected chi connectivity index (χ1v) is 9.51. The second-order valence-corrected chi connectivity index (χ2v) is 7.40. The van der Waals surface area contributed by atoms with Crippen molar-refractivity contribution in [2.24, 2.45) is 5.73 Å². The number of hydrogen-bond donors (Lipinski definition) is 2. The molecule has 0 bridgehead atoms.